The second kappa shape index (κ2) is 6.34. The van der Waals surface area contributed by atoms with Crippen LogP contribution in [0, 0.1) is 5.41 Å². The van der Waals surface area contributed by atoms with Crippen LogP contribution in [0.4, 0.5) is 0 Å². The Labute approximate surface area is 136 Å². The van der Waals surface area contributed by atoms with Crippen molar-refractivity contribution in [2.45, 2.75) is 6.42 Å². The molecule has 0 spiro atoms. The Hall–Kier alpha value is -1.11. The summed E-state index contributed by atoms with van der Waals surface area (Å²) in [5.41, 5.74) is -0.673. The van der Waals surface area contributed by atoms with Gasteiger partial charge >= 0.3 is 5.97 Å². The summed E-state index contributed by atoms with van der Waals surface area (Å²) in [6.07, 6.45) is 0.369. The Morgan fingerprint density at radius 1 is 1.52 bits per heavy atom. The van der Waals surface area contributed by atoms with E-state index in [1.165, 1.54) is 12.0 Å². The molecule has 1 aromatic carbocycles. The van der Waals surface area contributed by atoms with Gasteiger partial charge in [0, 0.05) is 24.7 Å². The molecular formula is C14H15BrClNO4. The minimum atomic E-state index is -1.04. The van der Waals surface area contributed by atoms with Gasteiger partial charge in [-0.25, -0.2) is 0 Å². The number of carbonyl (C=O) groups is 2. The van der Waals surface area contributed by atoms with Crippen molar-refractivity contribution in [3.63, 3.8) is 0 Å². The van der Waals surface area contributed by atoms with Crippen molar-refractivity contribution in [3.8, 4) is 0 Å². The maximum Gasteiger partial charge on any atom is 0.313 e. The van der Waals surface area contributed by atoms with Gasteiger partial charge in [0.1, 0.15) is 5.41 Å². The number of aliphatic carboxylic acids is 1. The Bertz CT molecular complexity index is 580. The van der Waals surface area contributed by atoms with Crippen molar-refractivity contribution in [1.29, 1.82) is 0 Å². The number of hydrogen-bond acceptors (Lipinski definition) is 3. The fourth-order valence-electron chi connectivity index (χ4n) is 2.51. The van der Waals surface area contributed by atoms with Crippen LogP contribution in [-0.2, 0) is 9.53 Å². The zero-order chi connectivity index (χ0) is 15.6. The van der Waals surface area contributed by atoms with Crippen LogP contribution < -0.4 is 0 Å². The molecular weight excluding hydrogens is 362 g/mol. The fraction of sp³-hybridized carbons (Fsp3) is 0.429. The highest BCUT2D eigenvalue weighted by molar-refractivity contribution is 9.10. The van der Waals surface area contributed by atoms with E-state index in [4.69, 9.17) is 16.3 Å². The van der Waals surface area contributed by atoms with Gasteiger partial charge in [-0.2, -0.15) is 0 Å². The first kappa shape index (κ1) is 16.3. The highest BCUT2D eigenvalue weighted by Gasteiger charge is 2.46. The molecule has 1 aliphatic heterocycles. The van der Waals surface area contributed by atoms with Crippen LogP contribution >= 0.6 is 27.5 Å². The molecule has 114 valence electrons. The molecule has 1 amide bonds. The zero-order valence-electron chi connectivity index (χ0n) is 11.4. The van der Waals surface area contributed by atoms with Crippen molar-refractivity contribution in [2.24, 2.45) is 5.41 Å². The number of amides is 1. The molecule has 0 radical (unpaired) electrons. The molecule has 1 atom stereocenters. The van der Waals surface area contributed by atoms with Crippen LogP contribution in [0.15, 0.2) is 22.7 Å². The van der Waals surface area contributed by atoms with E-state index in [0.29, 0.717) is 23.6 Å². The van der Waals surface area contributed by atoms with Gasteiger partial charge in [-0.15, -0.1) is 0 Å². The molecule has 0 saturated carbocycles. The summed E-state index contributed by atoms with van der Waals surface area (Å²) in [5, 5.41) is 9.76. The third-order valence-corrected chi connectivity index (χ3v) is 4.50. The lowest BCUT2D eigenvalue weighted by Gasteiger charge is -2.24. The van der Waals surface area contributed by atoms with Crippen molar-refractivity contribution >= 4 is 39.4 Å². The fourth-order valence-corrected chi connectivity index (χ4v) is 3.07. The molecule has 1 heterocycles. The molecule has 2 rings (SSSR count). The summed E-state index contributed by atoms with van der Waals surface area (Å²) in [7, 11) is 1.46. The molecule has 1 N–H and O–H groups in total. The third-order valence-electron chi connectivity index (χ3n) is 3.67. The monoisotopic (exact) mass is 375 g/mol. The van der Waals surface area contributed by atoms with E-state index in [0.717, 1.165) is 4.47 Å². The second-order valence-corrected chi connectivity index (χ2v) is 6.44. The third kappa shape index (κ3) is 3.22. The van der Waals surface area contributed by atoms with E-state index in [1.807, 2.05) is 0 Å². The summed E-state index contributed by atoms with van der Waals surface area (Å²) < 4.78 is 5.76. The Kier molecular flexibility index (Phi) is 4.91. The first-order valence-electron chi connectivity index (χ1n) is 6.36. The van der Waals surface area contributed by atoms with Crippen LogP contribution in [-0.4, -0.2) is 48.7 Å². The first-order valence-corrected chi connectivity index (χ1v) is 7.53. The van der Waals surface area contributed by atoms with E-state index in [1.54, 1.807) is 18.2 Å². The molecule has 0 aliphatic carbocycles. The van der Waals surface area contributed by atoms with E-state index in [9.17, 15) is 14.7 Å². The number of halogens is 2. The molecule has 21 heavy (non-hydrogen) atoms. The average molecular weight is 377 g/mol. The summed E-state index contributed by atoms with van der Waals surface area (Å²) in [6.45, 7) is 0.577. The van der Waals surface area contributed by atoms with Crippen molar-refractivity contribution in [2.75, 3.05) is 26.8 Å². The van der Waals surface area contributed by atoms with Crippen LogP contribution in [0.25, 0.3) is 0 Å². The molecule has 7 heteroatoms. The van der Waals surface area contributed by atoms with Crippen molar-refractivity contribution < 1.29 is 19.4 Å². The molecule has 0 aromatic heterocycles. The summed E-state index contributed by atoms with van der Waals surface area (Å²) in [6, 6.07) is 5.02. The lowest BCUT2D eigenvalue weighted by atomic mass is 9.88. The Morgan fingerprint density at radius 2 is 2.24 bits per heavy atom. The van der Waals surface area contributed by atoms with E-state index in [-0.39, 0.29) is 19.1 Å². The van der Waals surface area contributed by atoms with Gasteiger partial charge in [-0.05, 0) is 24.6 Å². The van der Waals surface area contributed by atoms with Crippen molar-refractivity contribution in [3.05, 3.63) is 33.3 Å². The number of carbonyl (C=O) groups excluding carboxylic acids is 1. The predicted molar refractivity (Wildman–Crippen MR) is 81.6 cm³/mol. The number of methoxy groups -OCH3 is 1. The maximum atomic E-state index is 12.5. The predicted octanol–water partition coefficient (Wildman–Crippen LogP) is 2.67. The standard InChI is InChI=1S/C14H15BrClNO4/c1-21-8-14(13(19)20)4-5-17(7-14)12(18)10-6-9(15)2-3-11(10)16/h2-3,6H,4-5,7-8H2,1H3,(H,19,20). The number of likely N-dealkylation sites (tertiary alicyclic amines) is 1. The lowest BCUT2D eigenvalue weighted by Crippen LogP contribution is -2.40. The molecule has 1 saturated heterocycles. The van der Waals surface area contributed by atoms with Gasteiger partial charge in [-0.3, -0.25) is 9.59 Å². The van der Waals surface area contributed by atoms with E-state index >= 15 is 0 Å². The number of carboxylic acids is 1. The SMILES string of the molecule is COCC1(C(=O)O)CCN(C(=O)c2cc(Br)ccc2Cl)C1. The van der Waals surface area contributed by atoms with Crippen molar-refractivity contribution in [1.82, 2.24) is 4.90 Å². The normalized spacial score (nSPS) is 21.6. The van der Waals surface area contributed by atoms with Gasteiger partial charge in [0.15, 0.2) is 0 Å². The Balaban J connectivity index is 2.22. The van der Waals surface area contributed by atoms with Crippen LogP contribution in [0.3, 0.4) is 0 Å². The quantitative estimate of drug-likeness (QED) is 0.877. The van der Waals surface area contributed by atoms with Gasteiger partial charge in [0.25, 0.3) is 5.91 Å². The summed E-state index contributed by atoms with van der Waals surface area (Å²) >= 11 is 9.36. The zero-order valence-corrected chi connectivity index (χ0v) is 13.8. The first-order chi connectivity index (χ1) is 9.89. The molecule has 1 aromatic rings. The van der Waals surface area contributed by atoms with Crippen LogP contribution in [0.5, 0.6) is 0 Å². The number of ether oxygens (including phenoxy) is 1. The lowest BCUT2D eigenvalue weighted by molar-refractivity contribution is -0.151. The smallest absolute Gasteiger partial charge is 0.313 e. The number of rotatable bonds is 4. The summed E-state index contributed by atoms with van der Waals surface area (Å²) in [5.74, 6) is -1.21. The topological polar surface area (TPSA) is 66.8 Å². The highest BCUT2D eigenvalue weighted by Crippen LogP contribution is 2.33. The molecule has 1 unspecified atom stereocenters. The van der Waals surface area contributed by atoms with Gasteiger partial charge in [0.2, 0.25) is 0 Å². The molecule has 0 bridgehead atoms. The molecule has 1 fully saturated rings. The second-order valence-electron chi connectivity index (χ2n) is 5.12. The van der Waals surface area contributed by atoms with Crippen LogP contribution in [0.1, 0.15) is 16.8 Å². The highest BCUT2D eigenvalue weighted by atomic mass is 79.9. The number of hydrogen-bond donors (Lipinski definition) is 1. The molecule has 1 aliphatic rings. The maximum absolute atomic E-state index is 12.5. The van der Waals surface area contributed by atoms with E-state index in [2.05, 4.69) is 15.9 Å². The number of nitrogens with zero attached hydrogens (tertiary/aromatic N) is 1. The van der Waals surface area contributed by atoms with E-state index < -0.39 is 11.4 Å². The Morgan fingerprint density at radius 3 is 2.86 bits per heavy atom. The van der Waals surface area contributed by atoms with Gasteiger partial charge in [-0.1, -0.05) is 27.5 Å². The average Bonchev–Trinajstić information content (AvgIpc) is 2.87. The van der Waals surface area contributed by atoms with Gasteiger partial charge in [0.05, 0.1) is 17.2 Å². The number of benzene rings is 1. The largest absolute Gasteiger partial charge is 0.481 e. The molecule has 5 nitrogen and oxygen atoms in total. The van der Waals surface area contributed by atoms with Crippen LogP contribution in [0.2, 0.25) is 5.02 Å². The minimum Gasteiger partial charge on any atom is -0.481 e. The minimum absolute atomic E-state index is 0.0817. The number of carboxylic acid groups (broad SMARTS) is 1. The summed E-state index contributed by atoms with van der Waals surface area (Å²) in [4.78, 5) is 25.5. The van der Waals surface area contributed by atoms with Gasteiger partial charge < -0.3 is 14.7 Å².